The Morgan fingerprint density at radius 3 is 2.53 bits per heavy atom. The third-order valence-corrected chi connectivity index (χ3v) is 4.49. The lowest BCUT2D eigenvalue weighted by molar-refractivity contribution is 0.184. The summed E-state index contributed by atoms with van der Waals surface area (Å²) in [7, 11) is 0. The van der Waals surface area contributed by atoms with Crippen LogP contribution in [-0.2, 0) is 0 Å². The van der Waals surface area contributed by atoms with Gasteiger partial charge in [-0.15, -0.1) is 0 Å². The molecule has 30 heavy (non-hydrogen) atoms. The molecule has 0 saturated heterocycles. The van der Waals surface area contributed by atoms with Crippen molar-refractivity contribution in [2.45, 2.75) is 66.0 Å². The van der Waals surface area contributed by atoms with Crippen molar-refractivity contribution < 1.29 is 14.2 Å². The summed E-state index contributed by atoms with van der Waals surface area (Å²) < 4.78 is 19.6. The lowest BCUT2D eigenvalue weighted by Crippen LogP contribution is -2.26. The normalized spacial score (nSPS) is 13.1. The number of nitrogens with zero attached hydrogens (tertiary/aromatic N) is 1. The molecule has 0 amide bonds. The number of hydrogen-bond acceptors (Lipinski definition) is 4. The standard InChI is InChI=1S/C25H33FN2O2/c1-16(8-9-18(3)29)23(30-22-12-11-21(26)14-17(22)2)15-20-10-13-24(27-19(20)4)28-25(5,6)7/h10-15,18,29H,1,8-9H2,2-7H3,(H,27,28)/b23-15+. The summed E-state index contributed by atoms with van der Waals surface area (Å²) in [6.45, 7) is 15.9. The van der Waals surface area contributed by atoms with Gasteiger partial charge < -0.3 is 15.2 Å². The van der Waals surface area contributed by atoms with Crippen LogP contribution in [0, 0.1) is 19.7 Å². The average molecular weight is 413 g/mol. The predicted octanol–water partition coefficient (Wildman–Crippen LogP) is 6.19. The molecule has 0 aliphatic heterocycles. The van der Waals surface area contributed by atoms with Crippen LogP contribution < -0.4 is 10.1 Å². The van der Waals surface area contributed by atoms with Gasteiger partial charge in [-0.05, 0) is 107 Å². The maximum absolute atomic E-state index is 13.5. The van der Waals surface area contributed by atoms with Crippen LogP contribution in [-0.4, -0.2) is 21.7 Å². The van der Waals surface area contributed by atoms with Crippen LogP contribution in [0.1, 0.15) is 57.4 Å². The van der Waals surface area contributed by atoms with Gasteiger partial charge in [0.1, 0.15) is 23.1 Å². The van der Waals surface area contributed by atoms with Crippen LogP contribution >= 0.6 is 0 Å². The van der Waals surface area contributed by atoms with Crippen molar-refractivity contribution in [1.82, 2.24) is 4.98 Å². The number of aromatic nitrogens is 1. The molecular formula is C25H33FN2O2. The lowest BCUT2D eigenvalue weighted by Gasteiger charge is -2.22. The molecule has 162 valence electrons. The molecule has 0 aliphatic carbocycles. The van der Waals surface area contributed by atoms with Crippen molar-refractivity contribution in [3.05, 3.63) is 70.9 Å². The fraction of sp³-hybridized carbons (Fsp3) is 0.400. The van der Waals surface area contributed by atoms with Crippen LogP contribution in [0.25, 0.3) is 6.08 Å². The Balaban J connectivity index is 2.37. The van der Waals surface area contributed by atoms with Gasteiger partial charge in [-0.1, -0.05) is 6.58 Å². The summed E-state index contributed by atoms with van der Waals surface area (Å²) in [5.74, 6) is 1.64. The molecular weight excluding hydrogens is 379 g/mol. The summed E-state index contributed by atoms with van der Waals surface area (Å²) >= 11 is 0. The highest BCUT2D eigenvalue weighted by Gasteiger charge is 2.13. The SMILES string of the molecule is C=C(CCC(C)O)/C(=C\c1ccc(NC(C)(C)C)nc1C)Oc1ccc(F)cc1C. The van der Waals surface area contributed by atoms with Gasteiger partial charge in [-0.2, -0.15) is 0 Å². The maximum atomic E-state index is 13.5. The van der Waals surface area contributed by atoms with Crippen molar-refractivity contribution in [3.8, 4) is 5.75 Å². The highest BCUT2D eigenvalue weighted by atomic mass is 19.1. The van der Waals surface area contributed by atoms with Gasteiger partial charge in [0.2, 0.25) is 0 Å². The maximum Gasteiger partial charge on any atom is 0.130 e. The van der Waals surface area contributed by atoms with E-state index in [1.165, 1.54) is 12.1 Å². The van der Waals surface area contributed by atoms with E-state index in [0.29, 0.717) is 29.9 Å². The van der Waals surface area contributed by atoms with Crippen LogP contribution in [0.4, 0.5) is 10.2 Å². The topological polar surface area (TPSA) is 54.4 Å². The number of hydrogen-bond donors (Lipinski definition) is 2. The number of aliphatic hydroxyl groups excluding tert-OH is 1. The first-order valence-electron chi connectivity index (χ1n) is 10.2. The molecule has 0 saturated carbocycles. The first kappa shape index (κ1) is 23.6. The zero-order chi connectivity index (χ0) is 22.5. The van der Waals surface area contributed by atoms with Gasteiger partial charge in [0.25, 0.3) is 0 Å². The van der Waals surface area contributed by atoms with E-state index >= 15 is 0 Å². The number of ether oxygens (including phenoxy) is 1. The molecule has 0 spiro atoms. The molecule has 1 heterocycles. The quantitative estimate of drug-likeness (QED) is 0.401. The van der Waals surface area contributed by atoms with Crippen molar-refractivity contribution in [2.24, 2.45) is 0 Å². The molecule has 0 bridgehead atoms. The van der Waals surface area contributed by atoms with Gasteiger partial charge >= 0.3 is 0 Å². The highest BCUT2D eigenvalue weighted by Crippen LogP contribution is 2.27. The molecule has 2 aromatic rings. The largest absolute Gasteiger partial charge is 0.457 e. The molecule has 1 aromatic heterocycles. The molecule has 0 aliphatic rings. The minimum Gasteiger partial charge on any atom is -0.457 e. The minimum atomic E-state index is -0.429. The first-order chi connectivity index (χ1) is 13.9. The number of pyridine rings is 1. The summed E-state index contributed by atoms with van der Waals surface area (Å²) in [6.07, 6.45) is 2.63. The van der Waals surface area contributed by atoms with E-state index in [9.17, 15) is 9.50 Å². The molecule has 1 aromatic carbocycles. The van der Waals surface area contributed by atoms with Crippen LogP contribution in [0.15, 0.2) is 48.2 Å². The van der Waals surface area contributed by atoms with E-state index in [1.807, 2.05) is 25.1 Å². The predicted molar refractivity (Wildman–Crippen MR) is 122 cm³/mol. The van der Waals surface area contributed by atoms with E-state index in [1.54, 1.807) is 19.9 Å². The first-order valence-corrected chi connectivity index (χ1v) is 10.2. The van der Waals surface area contributed by atoms with E-state index in [-0.39, 0.29) is 11.4 Å². The number of benzene rings is 1. The zero-order valence-electron chi connectivity index (χ0n) is 18.8. The molecule has 1 unspecified atom stereocenters. The Labute approximate surface area is 179 Å². The van der Waals surface area contributed by atoms with Gasteiger partial charge in [0.05, 0.1) is 6.10 Å². The molecule has 4 nitrogen and oxygen atoms in total. The Morgan fingerprint density at radius 2 is 1.97 bits per heavy atom. The van der Waals surface area contributed by atoms with Crippen LogP contribution in [0.5, 0.6) is 5.75 Å². The molecule has 1 atom stereocenters. The minimum absolute atomic E-state index is 0.0829. The zero-order valence-corrected chi connectivity index (χ0v) is 18.8. The highest BCUT2D eigenvalue weighted by molar-refractivity contribution is 5.60. The second-order valence-electron chi connectivity index (χ2n) is 8.76. The fourth-order valence-electron chi connectivity index (χ4n) is 2.88. The number of rotatable bonds is 8. The fourth-order valence-corrected chi connectivity index (χ4v) is 2.88. The summed E-state index contributed by atoms with van der Waals surface area (Å²) in [5.41, 5.74) is 3.13. The Morgan fingerprint density at radius 1 is 1.27 bits per heavy atom. The summed E-state index contributed by atoms with van der Waals surface area (Å²) in [4.78, 5) is 4.65. The molecule has 0 fully saturated rings. The second kappa shape index (κ2) is 9.90. The third kappa shape index (κ3) is 7.30. The smallest absolute Gasteiger partial charge is 0.130 e. The number of aryl methyl sites for hydroxylation is 2. The van der Waals surface area contributed by atoms with E-state index in [4.69, 9.17) is 4.74 Å². The summed E-state index contributed by atoms with van der Waals surface area (Å²) in [5, 5.41) is 13.0. The van der Waals surface area contributed by atoms with Gasteiger partial charge in [0.15, 0.2) is 0 Å². The monoisotopic (exact) mass is 412 g/mol. The number of aliphatic hydroxyl groups is 1. The number of nitrogens with one attached hydrogen (secondary N) is 1. The third-order valence-electron chi connectivity index (χ3n) is 4.49. The second-order valence-corrected chi connectivity index (χ2v) is 8.76. The van der Waals surface area contributed by atoms with Crippen molar-refractivity contribution in [1.29, 1.82) is 0 Å². The Bertz CT molecular complexity index is 927. The number of halogens is 1. The Kier molecular flexibility index (Phi) is 7.79. The average Bonchev–Trinajstić information content (AvgIpc) is 2.61. The molecule has 2 N–H and O–H groups in total. The lowest BCUT2D eigenvalue weighted by atomic mass is 10.0. The van der Waals surface area contributed by atoms with Crippen LogP contribution in [0.3, 0.4) is 0 Å². The van der Waals surface area contributed by atoms with E-state index in [2.05, 4.69) is 37.7 Å². The van der Waals surface area contributed by atoms with Crippen LogP contribution in [0.2, 0.25) is 0 Å². The van der Waals surface area contributed by atoms with Crippen molar-refractivity contribution in [2.75, 3.05) is 5.32 Å². The Hall–Kier alpha value is -2.66. The van der Waals surface area contributed by atoms with Crippen molar-refractivity contribution in [3.63, 3.8) is 0 Å². The van der Waals surface area contributed by atoms with Gasteiger partial charge in [-0.3, -0.25) is 0 Å². The number of anilines is 1. The molecule has 5 heteroatoms. The van der Waals surface area contributed by atoms with Crippen molar-refractivity contribution >= 4 is 11.9 Å². The van der Waals surface area contributed by atoms with Gasteiger partial charge in [0, 0.05) is 11.2 Å². The van der Waals surface area contributed by atoms with E-state index < -0.39 is 6.10 Å². The van der Waals surface area contributed by atoms with Gasteiger partial charge in [-0.25, -0.2) is 9.37 Å². The number of allylic oxidation sites excluding steroid dienone is 1. The molecule has 2 rings (SSSR count). The van der Waals surface area contributed by atoms with E-state index in [0.717, 1.165) is 22.6 Å². The molecule has 0 radical (unpaired) electrons. The summed E-state index contributed by atoms with van der Waals surface area (Å²) in [6, 6.07) is 8.34.